The molecule has 5 heteroatoms. The van der Waals surface area contributed by atoms with Crippen LogP contribution in [-0.2, 0) is 6.61 Å². The van der Waals surface area contributed by atoms with Crippen LogP contribution in [-0.4, -0.2) is 21.2 Å². The van der Waals surface area contributed by atoms with Gasteiger partial charge in [-0.15, -0.1) is 0 Å². The predicted molar refractivity (Wildman–Crippen MR) is 63.6 cm³/mol. The molecule has 0 fully saturated rings. The molecule has 0 unspecified atom stereocenters. The number of rotatable bonds is 4. The van der Waals surface area contributed by atoms with Gasteiger partial charge in [-0.05, 0) is 23.8 Å². The van der Waals surface area contributed by atoms with Crippen molar-refractivity contribution >= 4 is 5.97 Å². The lowest BCUT2D eigenvalue weighted by molar-refractivity contribution is 0.0696. The molecule has 1 aromatic carbocycles. The van der Waals surface area contributed by atoms with Crippen molar-refractivity contribution in [2.75, 3.05) is 0 Å². The summed E-state index contributed by atoms with van der Waals surface area (Å²) in [5.74, 6) is -0.138. The summed E-state index contributed by atoms with van der Waals surface area (Å²) in [5, 5.41) is 17.6. The molecule has 0 amide bonds. The molecule has 5 nitrogen and oxygen atoms in total. The fraction of sp³-hybridized carbons (Fsp3) is 0.0769. The third-order valence-electron chi connectivity index (χ3n) is 2.31. The van der Waals surface area contributed by atoms with E-state index in [2.05, 4.69) is 4.98 Å². The first-order chi connectivity index (χ1) is 8.69. The summed E-state index contributed by atoms with van der Waals surface area (Å²) in [6.07, 6.45) is 1.24. The molecule has 0 spiro atoms. The Bertz CT molecular complexity index is 534. The van der Waals surface area contributed by atoms with Gasteiger partial charge in [-0.1, -0.05) is 12.1 Å². The third-order valence-corrected chi connectivity index (χ3v) is 2.31. The van der Waals surface area contributed by atoms with E-state index in [1.807, 2.05) is 0 Å². The van der Waals surface area contributed by atoms with Gasteiger partial charge in [-0.25, -0.2) is 9.78 Å². The zero-order valence-corrected chi connectivity index (χ0v) is 9.41. The van der Waals surface area contributed by atoms with Gasteiger partial charge in [0.1, 0.15) is 5.75 Å². The molecule has 1 heterocycles. The largest absolute Gasteiger partial charge is 0.478 e. The zero-order valence-electron chi connectivity index (χ0n) is 9.41. The number of aromatic carboxylic acids is 1. The molecule has 0 radical (unpaired) electrons. The lowest BCUT2D eigenvalue weighted by atomic mass is 10.2. The number of pyridine rings is 1. The van der Waals surface area contributed by atoms with Gasteiger partial charge in [0.2, 0.25) is 5.88 Å². The summed E-state index contributed by atoms with van der Waals surface area (Å²) in [6.45, 7) is -0.0220. The van der Waals surface area contributed by atoms with E-state index in [9.17, 15) is 4.79 Å². The number of ether oxygens (including phenoxy) is 1. The fourth-order valence-electron chi connectivity index (χ4n) is 1.35. The van der Waals surface area contributed by atoms with E-state index in [1.165, 1.54) is 18.3 Å². The first kappa shape index (κ1) is 12.1. The van der Waals surface area contributed by atoms with Crippen molar-refractivity contribution in [3.63, 3.8) is 0 Å². The van der Waals surface area contributed by atoms with Gasteiger partial charge >= 0.3 is 5.97 Å². The highest BCUT2D eigenvalue weighted by Gasteiger charge is 2.04. The number of carbonyl (C=O) groups is 1. The summed E-state index contributed by atoms with van der Waals surface area (Å²) >= 11 is 0. The minimum atomic E-state index is -1.03. The van der Waals surface area contributed by atoms with E-state index in [0.29, 0.717) is 11.6 Å². The van der Waals surface area contributed by atoms with Crippen molar-refractivity contribution in [1.29, 1.82) is 0 Å². The lowest BCUT2D eigenvalue weighted by Crippen LogP contribution is -1.97. The second-order valence-corrected chi connectivity index (χ2v) is 3.59. The van der Waals surface area contributed by atoms with Gasteiger partial charge in [-0.3, -0.25) is 0 Å². The summed E-state index contributed by atoms with van der Waals surface area (Å²) in [5.41, 5.74) is 0.898. The predicted octanol–water partition coefficient (Wildman–Crippen LogP) is 2.06. The van der Waals surface area contributed by atoms with Crippen LogP contribution >= 0.6 is 0 Å². The summed E-state index contributed by atoms with van der Waals surface area (Å²) in [7, 11) is 0. The maximum Gasteiger partial charge on any atom is 0.337 e. The maximum atomic E-state index is 10.6. The number of aromatic nitrogens is 1. The Morgan fingerprint density at radius 3 is 2.39 bits per heavy atom. The smallest absolute Gasteiger partial charge is 0.337 e. The maximum absolute atomic E-state index is 10.6. The highest BCUT2D eigenvalue weighted by Crippen LogP contribution is 2.19. The normalized spacial score (nSPS) is 10.1. The van der Waals surface area contributed by atoms with E-state index in [-0.39, 0.29) is 12.2 Å². The Labute approximate surface area is 103 Å². The standard InChI is InChI=1S/C13H11NO4/c15-8-9-1-4-11(5-2-9)18-12-6-3-10(7-14-12)13(16)17/h1-7,15H,8H2,(H,16,17). The highest BCUT2D eigenvalue weighted by molar-refractivity contribution is 5.87. The Hall–Kier alpha value is -2.40. The van der Waals surface area contributed by atoms with Gasteiger partial charge in [0.15, 0.2) is 0 Å². The van der Waals surface area contributed by atoms with Crippen LogP contribution < -0.4 is 4.74 Å². The minimum absolute atomic E-state index is 0.0220. The molecular weight excluding hydrogens is 234 g/mol. The zero-order chi connectivity index (χ0) is 13.0. The van der Waals surface area contributed by atoms with Gasteiger partial charge < -0.3 is 14.9 Å². The molecule has 0 bridgehead atoms. The Balaban J connectivity index is 2.10. The van der Waals surface area contributed by atoms with Crippen molar-refractivity contribution in [3.05, 3.63) is 53.7 Å². The summed E-state index contributed by atoms with van der Waals surface area (Å²) in [4.78, 5) is 14.5. The van der Waals surface area contributed by atoms with Crippen LogP contribution in [0.15, 0.2) is 42.6 Å². The number of aliphatic hydroxyl groups is 1. The second kappa shape index (κ2) is 5.29. The third kappa shape index (κ3) is 2.83. The van der Waals surface area contributed by atoms with Crippen LogP contribution in [0.5, 0.6) is 11.6 Å². The Kier molecular flexibility index (Phi) is 3.54. The first-order valence-corrected chi connectivity index (χ1v) is 5.26. The van der Waals surface area contributed by atoms with Crippen molar-refractivity contribution < 1.29 is 19.7 Å². The van der Waals surface area contributed by atoms with Gasteiger partial charge in [0, 0.05) is 12.3 Å². The molecule has 0 saturated heterocycles. The van der Waals surface area contributed by atoms with E-state index < -0.39 is 5.97 Å². The number of hydrogen-bond acceptors (Lipinski definition) is 4. The van der Waals surface area contributed by atoms with Crippen LogP contribution in [0.25, 0.3) is 0 Å². The van der Waals surface area contributed by atoms with Crippen LogP contribution in [0.3, 0.4) is 0 Å². The van der Waals surface area contributed by atoms with Crippen LogP contribution in [0, 0.1) is 0 Å². The second-order valence-electron chi connectivity index (χ2n) is 3.59. The molecule has 0 aliphatic rings. The van der Waals surface area contributed by atoms with Crippen molar-refractivity contribution in [2.45, 2.75) is 6.61 Å². The minimum Gasteiger partial charge on any atom is -0.478 e. The molecule has 92 valence electrons. The average Bonchev–Trinajstić information content (AvgIpc) is 2.40. The number of carboxylic acids is 1. The van der Waals surface area contributed by atoms with Gasteiger partial charge in [0.05, 0.1) is 12.2 Å². The van der Waals surface area contributed by atoms with Gasteiger partial charge in [0.25, 0.3) is 0 Å². The number of aliphatic hydroxyl groups excluding tert-OH is 1. The molecule has 18 heavy (non-hydrogen) atoms. The van der Waals surface area contributed by atoms with Crippen LogP contribution in [0.4, 0.5) is 0 Å². The molecule has 2 N–H and O–H groups in total. The van der Waals surface area contributed by atoms with Crippen molar-refractivity contribution in [1.82, 2.24) is 4.98 Å². The van der Waals surface area contributed by atoms with Gasteiger partial charge in [-0.2, -0.15) is 0 Å². The molecule has 2 rings (SSSR count). The number of benzene rings is 1. The lowest BCUT2D eigenvalue weighted by Gasteiger charge is -2.05. The fourth-order valence-corrected chi connectivity index (χ4v) is 1.35. The van der Waals surface area contributed by atoms with Crippen LogP contribution in [0.1, 0.15) is 15.9 Å². The molecular formula is C13H11NO4. The monoisotopic (exact) mass is 245 g/mol. The average molecular weight is 245 g/mol. The first-order valence-electron chi connectivity index (χ1n) is 5.26. The van der Waals surface area contributed by atoms with Crippen molar-refractivity contribution in [2.24, 2.45) is 0 Å². The molecule has 0 atom stereocenters. The number of carboxylic acid groups (broad SMARTS) is 1. The topological polar surface area (TPSA) is 79.7 Å². The molecule has 0 aliphatic heterocycles. The van der Waals surface area contributed by atoms with E-state index in [0.717, 1.165) is 5.56 Å². The molecule has 0 aliphatic carbocycles. The van der Waals surface area contributed by atoms with E-state index in [4.69, 9.17) is 14.9 Å². The molecule has 0 saturated carbocycles. The quantitative estimate of drug-likeness (QED) is 0.861. The van der Waals surface area contributed by atoms with Crippen LogP contribution in [0.2, 0.25) is 0 Å². The highest BCUT2D eigenvalue weighted by atomic mass is 16.5. The number of hydrogen-bond donors (Lipinski definition) is 2. The summed E-state index contributed by atoms with van der Waals surface area (Å²) in [6, 6.07) is 9.80. The SMILES string of the molecule is O=C(O)c1ccc(Oc2ccc(CO)cc2)nc1. The Morgan fingerprint density at radius 2 is 1.89 bits per heavy atom. The number of nitrogens with zero attached hydrogens (tertiary/aromatic N) is 1. The van der Waals surface area contributed by atoms with Crippen molar-refractivity contribution in [3.8, 4) is 11.6 Å². The summed E-state index contributed by atoms with van der Waals surface area (Å²) < 4.78 is 5.43. The Morgan fingerprint density at radius 1 is 1.17 bits per heavy atom. The molecule has 1 aromatic heterocycles. The van der Waals surface area contributed by atoms with E-state index in [1.54, 1.807) is 24.3 Å². The molecule has 2 aromatic rings. The van der Waals surface area contributed by atoms with E-state index >= 15 is 0 Å².